The highest BCUT2D eigenvalue weighted by Crippen LogP contribution is 2.41. The van der Waals surface area contributed by atoms with Crippen LogP contribution in [0.3, 0.4) is 0 Å². The van der Waals surface area contributed by atoms with Crippen LogP contribution in [0.2, 0.25) is 10.0 Å². The second kappa shape index (κ2) is 13.8. The monoisotopic (exact) mass is 694 g/mol. The van der Waals surface area contributed by atoms with Gasteiger partial charge >= 0.3 is 0 Å². The first-order valence-corrected chi connectivity index (χ1v) is 16.7. The van der Waals surface area contributed by atoms with Crippen molar-refractivity contribution in [3.05, 3.63) is 119 Å². The molecule has 11 heteroatoms. The van der Waals surface area contributed by atoms with E-state index in [0.717, 1.165) is 22.2 Å². The number of carbonyl (C=O) groups is 2. The number of anilines is 2. The molecule has 248 valence electrons. The fraction of sp³-hybridized carbons (Fsp3) is 0.211. The Bertz CT molecular complexity index is 2250. The number of amides is 2. The molecule has 0 bridgehead atoms. The predicted molar refractivity (Wildman–Crippen MR) is 196 cm³/mol. The number of fused-ring (bicyclic) bond motifs is 1. The van der Waals surface area contributed by atoms with Crippen LogP contribution in [0.15, 0.2) is 97.5 Å². The van der Waals surface area contributed by atoms with Gasteiger partial charge in [0.25, 0.3) is 5.91 Å². The topological polar surface area (TPSA) is 108 Å². The van der Waals surface area contributed by atoms with E-state index < -0.39 is 12.8 Å². The number of nitrogens with one attached hydrogen (secondary N) is 3. The van der Waals surface area contributed by atoms with E-state index in [1.54, 1.807) is 36.8 Å². The van der Waals surface area contributed by atoms with Crippen LogP contribution < -0.4 is 15.5 Å². The molecule has 49 heavy (non-hydrogen) atoms. The highest BCUT2D eigenvalue weighted by molar-refractivity contribution is 6.31. The van der Waals surface area contributed by atoms with Gasteiger partial charge in [0, 0.05) is 68.4 Å². The van der Waals surface area contributed by atoms with E-state index in [4.69, 9.17) is 32.3 Å². The molecule has 4 heterocycles. The molecular formula is C38H35Cl2N7O2. The fourth-order valence-electron chi connectivity index (χ4n) is 6.55. The third kappa shape index (κ3) is 6.64. The molecule has 0 unspecified atom stereocenters. The lowest BCUT2D eigenvalue weighted by atomic mass is 9.99. The Morgan fingerprint density at radius 3 is 2.47 bits per heavy atom. The molecule has 0 spiro atoms. The lowest BCUT2D eigenvalue weighted by molar-refractivity contribution is -0.119. The summed E-state index contributed by atoms with van der Waals surface area (Å²) in [5.41, 5.74) is 5.54. The van der Waals surface area contributed by atoms with E-state index in [-0.39, 0.29) is 18.0 Å². The van der Waals surface area contributed by atoms with Crippen molar-refractivity contribution in [2.75, 3.05) is 23.3 Å². The maximum Gasteiger partial charge on any atom is 0.272 e. The number of aromatic nitrogens is 4. The molecule has 1 atom stereocenters. The van der Waals surface area contributed by atoms with Crippen molar-refractivity contribution in [3.8, 4) is 22.5 Å². The number of H-pyrrole nitrogens is 1. The first kappa shape index (κ1) is 28.9. The van der Waals surface area contributed by atoms with Crippen LogP contribution in [0.5, 0.6) is 0 Å². The van der Waals surface area contributed by atoms with Crippen molar-refractivity contribution in [1.82, 2.24) is 24.8 Å². The second-order valence-electron chi connectivity index (χ2n) is 12.1. The molecule has 6 aromatic rings. The van der Waals surface area contributed by atoms with E-state index in [0.29, 0.717) is 69.9 Å². The van der Waals surface area contributed by atoms with Crippen LogP contribution in [0.1, 0.15) is 52.8 Å². The van der Waals surface area contributed by atoms with Gasteiger partial charge in [0.05, 0.1) is 29.4 Å². The van der Waals surface area contributed by atoms with Gasteiger partial charge in [-0.2, -0.15) is 0 Å². The number of benzene rings is 3. The van der Waals surface area contributed by atoms with Crippen molar-refractivity contribution in [2.45, 2.75) is 38.7 Å². The number of pyridine rings is 1. The lowest BCUT2D eigenvalue weighted by Gasteiger charge is -2.33. The third-order valence-corrected chi connectivity index (χ3v) is 9.49. The van der Waals surface area contributed by atoms with E-state index in [1.165, 1.54) is 0 Å². The summed E-state index contributed by atoms with van der Waals surface area (Å²) in [5.74, 6) is -0.766. The summed E-state index contributed by atoms with van der Waals surface area (Å²) in [7, 11) is 0. The summed E-state index contributed by atoms with van der Waals surface area (Å²) >= 11 is 12.7. The first-order valence-electron chi connectivity index (χ1n) is 17.5. The average molecular weight is 696 g/mol. The number of nitrogens with zero attached hydrogens (tertiary/aromatic N) is 4. The summed E-state index contributed by atoms with van der Waals surface area (Å²) in [6.45, 7) is 0.387. The zero-order valence-corrected chi connectivity index (χ0v) is 28.1. The van der Waals surface area contributed by atoms with Gasteiger partial charge in [-0.25, -0.2) is 9.97 Å². The van der Waals surface area contributed by atoms with Gasteiger partial charge < -0.3 is 25.1 Å². The molecule has 1 aliphatic rings. The molecule has 0 aliphatic carbocycles. The van der Waals surface area contributed by atoms with E-state index in [9.17, 15) is 9.59 Å². The first-order chi connectivity index (χ1) is 25.0. The summed E-state index contributed by atoms with van der Waals surface area (Å²) in [6, 6.07) is 26.1. The number of hydrogen-bond donors (Lipinski definition) is 3. The minimum absolute atomic E-state index is 0.178. The SMILES string of the molecule is [2H]C([2H])([2H])C(=O)NC1CCN(c2ncccc2NC(=O)c2[nH]c3cc(Cl)ccc3c2-c2c(-c3ccccc3)ncn2[C@@H](C)c2ccc(Cl)cc2)CC1. The highest BCUT2D eigenvalue weighted by Gasteiger charge is 2.29. The van der Waals surface area contributed by atoms with Crippen molar-refractivity contribution < 1.29 is 13.7 Å². The number of carbonyl (C=O) groups excluding carboxylic acids is 2. The maximum absolute atomic E-state index is 14.6. The molecule has 3 aromatic heterocycles. The van der Waals surface area contributed by atoms with Gasteiger partial charge in [0.15, 0.2) is 5.82 Å². The Morgan fingerprint density at radius 2 is 1.71 bits per heavy atom. The maximum atomic E-state index is 14.6. The number of piperidine rings is 1. The smallest absolute Gasteiger partial charge is 0.272 e. The standard InChI is InChI=1S/C38H35Cl2N7O2/c1-23(25-10-12-27(39)13-11-25)47-22-42-34(26-7-4-3-5-8-26)36(47)33-30-15-14-28(40)21-32(30)44-35(33)38(49)45-31-9-6-18-41-37(31)46-19-16-29(17-20-46)43-24(2)48/h3-15,18,21-23,29,44H,16-17,19-20H2,1-2H3,(H,43,48)(H,45,49)/t23-/m0/s1/i2D3. The Labute approximate surface area is 298 Å². The number of halogens is 2. The van der Waals surface area contributed by atoms with E-state index in [1.807, 2.05) is 65.6 Å². The van der Waals surface area contributed by atoms with Gasteiger partial charge in [-0.05, 0) is 61.7 Å². The van der Waals surface area contributed by atoms with Gasteiger partial charge in [-0.1, -0.05) is 71.7 Å². The second-order valence-corrected chi connectivity index (χ2v) is 12.9. The number of hydrogen-bond acceptors (Lipinski definition) is 5. The fourth-order valence-corrected chi connectivity index (χ4v) is 6.85. The molecule has 0 saturated carbocycles. The summed E-state index contributed by atoms with van der Waals surface area (Å²) in [4.78, 5) is 41.5. The minimum Gasteiger partial charge on any atom is -0.355 e. The van der Waals surface area contributed by atoms with Gasteiger partial charge in [-0.3, -0.25) is 9.59 Å². The van der Waals surface area contributed by atoms with Crippen LogP contribution in [-0.4, -0.2) is 50.5 Å². The molecule has 3 aromatic carbocycles. The zero-order chi connectivity index (χ0) is 36.6. The predicted octanol–water partition coefficient (Wildman–Crippen LogP) is 8.37. The quantitative estimate of drug-likeness (QED) is 0.148. The third-order valence-electron chi connectivity index (χ3n) is 9.00. The number of rotatable bonds is 8. The number of aromatic amines is 1. The van der Waals surface area contributed by atoms with Crippen molar-refractivity contribution in [1.29, 1.82) is 0 Å². The van der Waals surface area contributed by atoms with Crippen LogP contribution >= 0.6 is 23.2 Å². The molecule has 1 saturated heterocycles. The molecule has 9 nitrogen and oxygen atoms in total. The van der Waals surface area contributed by atoms with Crippen LogP contribution in [0, 0.1) is 0 Å². The van der Waals surface area contributed by atoms with Crippen molar-refractivity contribution >= 4 is 57.4 Å². The van der Waals surface area contributed by atoms with Crippen molar-refractivity contribution in [2.24, 2.45) is 0 Å². The normalized spacial score (nSPS) is 15.3. The summed E-state index contributed by atoms with van der Waals surface area (Å²) in [6.07, 6.45) is 4.51. The Hall–Kier alpha value is -5.12. The Balaban J connectivity index is 1.28. The summed E-state index contributed by atoms with van der Waals surface area (Å²) in [5, 5.41) is 7.70. The van der Waals surface area contributed by atoms with Crippen LogP contribution in [-0.2, 0) is 4.79 Å². The zero-order valence-electron chi connectivity index (χ0n) is 29.6. The van der Waals surface area contributed by atoms with Gasteiger partial charge in [-0.15, -0.1) is 0 Å². The molecule has 2 amide bonds. The average Bonchev–Trinajstić information content (AvgIpc) is 3.74. The highest BCUT2D eigenvalue weighted by atomic mass is 35.5. The Kier molecular flexibility index (Phi) is 8.11. The van der Waals surface area contributed by atoms with Crippen molar-refractivity contribution in [3.63, 3.8) is 0 Å². The van der Waals surface area contributed by atoms with E-state index >= 15 is 0 Å². The molecule has 1 aliphatic heterocycles. The van der Waals surface area contributed by atoms with Gasteiger partial charge in [0.1, 0.15) is 5.69 Å². The molecular weight excluding hydrogens is 657 g/mol. The van der Waals surface area contributed by atoms with E-state index in [2.05, 4.69) is 32.1 Å². The molecule has 0 radical (unpaired) electrons. The molecule has 1 fully saturated rings. The van der Waals surface area contributed by atoms with Crippen LogP contribution in [0.4, 0.5) is 11.5 Å². The minimum atomic E-state index is -2.70. The summed E-state index contributed by atoms with van der Waals surface area (Å²) < 4.78 is 24.2. The molecule has 3 N–H and O–H groups in total. The molecule has 7 rings (SSSR count). The van der Waals surface area contributed by atoms with Gasteiger partial charge in [0.2, 0.25) is 5.91 Å². The van der Waals surface area contributed by atoms with Crippen LogP contribution in [0.25, 0.3) is 33.4 Å². The largest absolute Gasteiger partial charge is 0.355 e. The number of imidazole rings is 1. The Morgan fingerprint density at radius 1 is 0.959 bits per heavy atom. The lowest BCUT2D eigenvalue weighted by Crippen LogP contribution is -2.44.